The molecule has 1 saturated carbocycles. The third-order valence-electron chi connectivity index (χ3n) is 3.57. The maximum atomic E-state index is 11.4. The standard InChI is InChI=1S/C11H16IN3O2/c1-11(2)6(4-7(11)17-3)15-9-8(12)10(16)14-5-13-9/h5-7H,4H2,1-3H3,(H2,13,14,15,16). The van der Waals surface area contributed by atoms with Crippen LogP contribution in [0.5, 0.6) is 0 Å². The van der Waals surface area contributed by atoms with Gasteiger partial charge in [-0.1, -0.05) is 13.8 Å². The fourth-order valence-electron chi connectivity index (χ4n) is 2.18. The second kappa shape index (κ2) is 4.56. The van der Waals surface area contributed by atoms with Gasteiger partial charge in [0.25, 0.3) is 5.56 Å². The van der Waals surface area contributed by atoms with Crippen molar-refractivity contribution in [2.24, 2.45) is 5.41 Å². The average molecular weight is 349 g/mol. The highest BCUT2D eigenvalue weighted by Gasteiger charge is 2.48. The van der Waals surface area contributed by atoms with Crippen molar-refractivity contribution in [3.63, 3.8) is 0 Å². The van der Waals surface area contributed by atoms with Gasteiger partial charge < -0.3 is 15.0 Å². The number of aromatic nitrogens is 2. The van der Waals surface area contributed by atoms with E-state index < -0.39 is 0 Å². The minimum absolute atomic E-state index is 0.0577. The van der Waals surface area contributed by atoms with Crippen molar-refractivity contribution in [1.82, 2.24) is 9.97 Å². The zero-order valence-corrected chi connectivity index (χ0v) is 12.2. The molecular formula is C11H16IN3O2. The summed E-state index contributed by atoms with van der Waals surface area (Å²) in [5, 5.41) is 3.32. The summed E-state index contributed by atoms with van der Waals surface area (Å²) in [4.78, 5) is 18.2. The van der Waals surface area contributed by atoms with Crippen molar-refractivity contribution in [1.29, 1.82) is 0 Å². The zero-order chi connectivity index (χ0) is 12.6. The van der Waals surface area contributed by atoms with E-state index >= 15 is 0 Å². The van der Waals surface area contributed by atoms with Crippen molar-refractivity contribution in [2.75, 3.05) is 12.4 Å². The molecule has 2 atom stereocenters. The zero-order valence-electron chi connectivity index (χ0n) is 10.1. The molecule has 5 nitrogen and oxygen atoms in total. The normalized spacial score (nSPS) is 26.4. The van der Waals surface area contributed by atoms with Crippen molar-refractivity contribution >= 4 is 28.4 Å². The van der Waals surface area contributed by atoms with Crippen LogP contribution in [-0.4, -0.2) is 29.2 Å². The summed E-state index contributed by atoms with van der Waals surface area (Å²) in [7, 11) is 1.73. The van der Waals surface area contributed by atoms with Gasteiger partial charge in [-0.05, 0) is 29.0 Å². The second-order valence-electron chi connectivity index (χ2n) is 4.87. The molecule has 2 rings (SSSR count). The molecule has 1 aromatic heterocycles. The van der Waals surface area contributed by atoms with E-state index in [1.165, 1.54) is 6.33 Å². The van der Waals surface area contributed by atoms with E-state index in [-0.39, 0.29) is 23.1 Å². The van der Waals surface area contributed by atoms with Crippen LogP contribution in [0.25, 0.3) is 0 Å². The second-order valence-corrected chi connectivity index (χ2v) is 5.95. The number of anilines is 1. The molecule has 0 radical (unpaired) electrons. The molecule has 0 spiro atoms. The van der Waals surface area contributed by atoms with Gasteiger partial charge in [0.2, 0.25) is 0 Å². The number of halogens is 1. The highest BCUT2D eigenvalue weighted by atomic mass is 127. The fraction of sp³-hybridized carbons (Fsp3) is 0.636. The van der Waals surface area contributed by atoms with Crippen LogP contribution in [0.4, 0.5) is 5.82 Å². The molecule has 0 saturated heterocycles. The van der Waals surface area contributed by atoms with E-state index in [2.05, 4.69) is 29.1 Å². The molecule has 1 aromatic rings. The van der Waals surface area contributed by atoms with E-state index in [1.54, 1.807) is 7.11 Å². The lowest BCUT2D eigenvalue weighted by Crippen LogP contribution is -2.58. The number of hydrogen-bond donors (Lipinski definition) is 2. The molecule has 1 aliphatic carbocycles. The maximum absolute atomic E-state index is 11.4. The number of H-pyrrole nitrogens is 1. The first-order chi connectivity index (χ1) is 7.96. The SMILES string of the molecule is COC1CC(Nc2nc[nH]c(=O)c2I)C1(C)C. The van der Waals surface area contributed by atoms with E-state index in [0.29, 0.717) is 9.39 Å². The number of methoxy groups -OCH3 is 1. The Morgan fingerprint density at radius 1 is 1.65 bits per heavy atom. The predicted octanol–water partition coefficient (Wildman–Crippen LogP) is 1.60. The van der Waals surface area contributed by atoms with E-state index in [4.69, 9.17) is 4.74 Å². The lowest BCUT2D eigenvalue weighted by molar-refractivity contribution is -0.0795. The van der Waals surface area contributed by atoms with E-state index in [0.717, 1.165) is 6.42 Å². The van der Waals surface area contributed by atoms with Crippen molar-refractivity contribution in [3.8, 4) is 0 Å². The first-order valence-corrected chi connectivity index (χ1v) is 6.57. The lowest BCUT2D eigenvalue weighted by atomic mass is 9.64. The summed E-state index contributed by atoms with van der Waals surface area (Å²) in [6.07, 6.45) is 2.63. The third kappa shape index (κ3) is 2.20. The Hall–Kier alpha value is -0.630. The Morgan fingerprint density at radius 2 is 2.35 bits per heavy atom. The summed E-state index contributed by atoms with van der Waals surface area (Å²) < 4.78 is 5.99. The van der Waals surface area contributed by atoms with Crippen LogP contribution < -0.4 is 10.9 Å². The molecule has 1 heterocycles. The van der Waals surface area contributed by atoms with Gasteiger partial charge in [0.1, 0.15) is 9.39 Å². The van der Waals surface area contributed by atoms with Crippen LogP contribution in [0, 0.1) is 8.99 Å². The summed E-state index contributed by atoms with van der Waals surface area (Å²) in [5.41, 5.74) is -0.0502. The quantitative estimate of drug-likeness (QED) is 0.814. The monoisotopic (exact) mass is 349 g/mol. The van der Waals surface area contributed by atoms with Gasteiger partial charge in [0.05, 0.1) is 12.4 Å². The number of nitrogens with zero attached hydrogens (tertiary/aromatic N) is 1. The van der Waals surface area contributed by atoms with Crippen molar-refractivity contribution < 1.29 is 4.74 Å². The molecule has 1 fully saturated rings. The van der Waals surface area contributed by atoms with Gasteiger partial charge in [-0.3, -0.25) is 4.79 Å². The number of nitrogens with one attached hydrogen (secondary N) is 2. The Balaban J connectivity index is 2.13. The molecule has 0 amide bonds. The first kappa shape index (κ1) is 12.8. The Labute approximate surface area is 114 Å². The predicted molar refractivity (Wildman–Crippen MR) is 74.2 cm³/mol. The number of rotatable bonds is 3. The highest BCUT2D eigenvalue weighted by Crippen LogP contribution is 2.43. The largest absolute Gasteiger partial charge is 0.381 e. The lowest BCUT2D eigenvalue weighted by Gasteiger charge is -2.51. The van der Waals surface area contributed by atoms with Crippen molar-refractivity contribution in [2.45, 2.75) is 32.4 Å². The van der Waals surface area contributed by atoms with Gasteiger partial charge in [0, 0.05) is 18.6 Å². The van der Waals surface area contributed by atoms with Gasteiger partial charge >= 0.3 is 0 Å². The fourth-order valence-corrected chi connectivity index (χ4v) is 2.63. The van der Waals surface area contributed by atoms with Gasteiger partial charge in [-0.15, -0.1) is 0 Å². The molecule has 2 N–H and O–H groups in total. The number of aromatic amines is 1. The van der Waals surface area contributed by atoms with Crippen LogP contribution in [0.15, 0.2) is 11.1 Å². The topological polar surface area (TPSA) is 67.0 Å². The minimum atomic E-state index is -0.108. The van der Waals surface area contributed by atoms with Crippen LogP contribution in [0.1, 0.15) is 20.3 Å². The molecule has 1 aliphatic rings. The molecule has 6 heteroatoms. The van der Waals surface area contributed by atoms with Crippen LogP contribution in [-0.2, 0) is 4.74 Å². The third-order valence-corrected chi connectivity index (χ3v) is 4.57. The molecule has 0 aromatic carbocycles. The Kier molecular flexibility index (Phi) is 3.44. The Morgan fingerprint density at radius 3 is 2.94 bits per heavy atom. The Bertz CT molecular complexity index is 472. The van der Waals surface area contributed by atoms with Gasteiger partial charge in [0.15, 0.2) is 0 Å². The average Bonchev–Trinajstić information content (AvgIpc) is 2.29. The van der Waals surface area contributed by atoms with Crippen molar-refractivity contribution in [3.05, 3.63) is 20.3 Å². The van der Waals surface area contributed by atoms with E-state index in [9.17, 15) is 4.79 Å². The van der Waals surface area contributed by atoms with E-state index in [1.807, 2.05) is 22.6 Å². The molecule has 0 bridgehead atoms. The number of ether oxygens (including phenoxy) is 1. The molecular weight excluding hydrogens is 333 g/mol. The number of hydrogen-bond acceptors (Lipinski definition) is 4. The molecule has 2 unspecified atom stereocenters. The smallest absolute Gasteiger partial charge is 0.266 e. The van der Waals surface area contributed by atoms with Crippen LogP contribution >= 0.6 is 22.6 Å². The first-order valence-electron chi connectivity index (χ1n) is 5.49. The summed E-state index contributed by atoms with van der Waals surface area (Å²) in [5.74, 6) is 0.655. The maximum Gasteiger partial charge on any atom is 0.266 e. The summed E-state index contributed by atoms with van der Waals surface area (Å²) in [6.45, 7) is 4.31. The van der Waals surface area contributed by atoms with Gasteiger partial charge in [-0.25, -0.2) is 4.98 Å². The van der Waals surface area contributed by atoms with Crippen LogP contribution in [0.3, 0.4) is 0 Å². The summed E-state index contributed by atoms with van der Waals surface area (Å²) >= 11 is 2.01. The van der Waals surface area contributed by atoms with Gasteiger partial charge in [-0.2, -0.15) is 0 Å². The van der Waals surface area contributed by atoms with Crippen LogP contribution in [0.2, 0.25) is 0 Å². The molecule has 94 valence electrons. The highest BCUT2D eigenvalue weighted by molar-refractivity contribution is 14.1. The summed E-state index contributed by atoms with van der Waals surface area (Å²) in [6, 6.07) is 0.287. The minimum Gasteiger partial charge on any atom is -0.381 e. The molecule has 17 heavy (non-hydrogen) atoms. The molecule has 0 aliphatic heterocycles.